The third-order valence-corrected chi connectivity index (χ3v) is 5.76. The molecule has 2 N–H and O–H groups in total. The second-order valence-corrected chi connectivity index (χ2v) is 8.33. The fraction of sp³-hybridized carbons (Fsp3) is 0.550. The largest absolute Gasteiger partial charge is 0.573 e. The number of hydrogen-bond donors (Lipinski definition) is 2. The molecule has 1 aliphatic carbocycles. The van der Waals surface area contributed by atoms with E-state index in [1.165, 1.54) is 17.0 Å². The number of nitrogens with zero attached hydrogens (tertiary/aromatic N) is 4. The molecule has 2 fully saturated rings. The van der Waals surface area contributed by atoms with Crippen LogP contribution in [0.25, 0.3) is 0 Å². The number of amides is 1. The van der Waals surface area contributed by atoms with E-state index in [2.05, 4.69) is 20.1 Å². The van der Waals surface area contributed by atoms with Gasteiger partial charge in [-0.25, -0.2) is 9.48 Å². The van der Waals surface area contributed by atoms with Gasteiger partial charge in [-0.3, -0.25) is 0 Å². The van der Waals surface area contributed by atoms with Gasteiger partial charge in [0.2, 0.25) is 5.95 Å². The Labute approximate surface area is 182 Å². The van der Waals surface area contributed by atoms with Crippen LogP contribution >= 0.6 is 0 Å². The van der Waals surface area contributed by atoms with Crippen molar-refractivity contribution in [2.75, 3.05) is 18.4 Å². The summed E-state index contributed by atoms with van der Waals surface area (Å²) in [6.07, 6.45) is -3.79. The molecular weight excluding hydrogens is 431 g/mol. The number of carboxylic acid groups (broad SMARTS) is 1. The molecule has 174 valence electrons. The van der Waals surface area contributed by atoms with Crippen molar-refractivity contribution in [3.05, 3.63) is 24.3 Å². The molecule has 1 saturated heterocycles. The topological polar surface area (TPSA) is 102 Å². The summed E-state index contributed by atoms with van der Waals surface area (Å²) in [5, 5.41) is 17.1. The Bertz CT molecular complexity index is 949. The van der Waals surface area contributed by atoms with E-state index in [0.29, 0.717) is 19.0 Å². The second-order valence-electron chi connectivity index (χ2n) is 8.33. The number of piperidine rings is 1. The Balaban J connectivity index is 1.47. The highest BCUT2D eigenvalue weighted by atomic mass is 19.4. The molecule has 4 rings (SSSR count). The highest BCUT2D eigenvalue weighted by molar-refractivity contribution is 5.65. The first kappa shape index (κ1) is 22.0. The minimum atomic E-state index is -4.76. The second kappa shape index (κ2) is 8.40. The Hall–Kier alpha value is -3.18. The number of fused-ring (bicyclic) bond motifs is 2. The molecule has 12 heteroatoms. The maximum atomic E-state index is 12.3. The lowest BCUT2D eigenvalue weighted by molar-refractivity contribution is -0.274. The van der Waals surface area contributed by atoms with E-state index in [1.54, 1.807) is 4.68 Å². The molecular formula is C20H24F3N5O4. The van der Waals surface area contributed by atoms with Crippen molar-refractivity contribution in [1.29, 1.82) is 0 Å². The minimum Gasteiger partial charge on any atom is -0.465 e. The van der Waals surface area contributed by atoms with Crippen LogP contribution in [-0.4, -0.2) is 56.4 Å². The van der Waals surface area contributed by atoms with Crippen LogP contribution in [0.5, 0.6) is 17.5 Å². The molecule has 0 radical (unpaired) electrons. The number of halogens is 3. The normalized spacial score (nSPS) is 22.8. The number of nitrogens with one attached hydrogen (secondary N) is 1. The zero-order valence-corrected chi connectivity index (χ0v) is 17.5. The zero-order valence-electron chi connectivity index (χ0n) is 17.5. The van der Waals surface area contributed by atoms with Crippen LogP contribution in [0.1, 0.15) is 32.7 Å². The number of rotatable bonds is 6. The lowest BCUT2D eigenvalue weighted by Gasteiger charge is -2.36. The molecule has 9 nitrogen and oxygen atoms in total. The van der Waals surface area contributed by atoms with Crippen LogP contribution in [0, 0.1) is 11.8 Å². The summed E-state index contributed by atoms with van der Waals surface area (Å²) in [4.78, 5) is 17.2. The van der Waals surface area contributed by atoms with Crippen LogP contribution in [0.15, 0.2) is 24.3 Å². The van der Waals surface area contributed by atoms with Gasteiger partial charge in [-0.15, -0.1) is 18.3 Å². The monoisotopic (exact) mass is 455 g/mol. The number of anilines is 1. The van der Waals surface area contributed by atoms with Gasteiger partial charge in [-0.05, 0) is 62.8 Å². The molecule has 0 spiro atoms. The quantitative estimate of drug-likeness (QED) is 0.668. The molecule has 0 unspecified atom stereocenters. The summed E-state index contributed by atoms with van der Waals surface area (Å²) >= 11 is 0. The van der Waals surface area contributed by atoms with Gasteiger partial charge in [0.1, 0.15) is 11.5 Å². The Morgan fingerprint density at radius 3 is 2.28 bits per heavy atom. The molecule has 1 aromatic heterocycles. The smallest absolute Gasteiger partial charge is 0.465 e. The van der Waals surface area contributed by atoms with Crippen LogP contribution in [0.4, 0.5) is 23.9 Å². The van der Waals surface area contributed by atoms with Gasteiger partial charge in [-0.1, -0.05) is 0 Å². The minimum absolute atomic E-state index is 0.0697. The summed E-state index contributed by atoms with van der Waals surface area (Å²) in [7, 11) is 0. The molecule has 1 amide bonds. The van der Waals surface area contributed by atoms with Gasteiger partial charge >= 0.3 is 18.5 Å². The van der Waals surface area contributed by atoms with Crippen LogP contribution < -0.4 is 14.8 Å². The number of hydrogen-bond acceptors (Lipinski definition) is 6. The third-order valence-electron chi connectivity index (χ3n) is 5.76. The first-order valence-corrected chi connectivity index (χ1v) is 10.3. The van der Waals surface area contributed by atoms with E-state index >= 15 is 0 Å². The van der Waals surface area contributed by atoms with Crippen LogP contribution in [-0.2, 0) is 0 Å². The third kappa shape index (κ3) is 4.83. The fourth-order valence-corrected chi connectivity index (χ4v) is 4.35. The van der Waals surface area contributed by atoms with Crippen molar-refractivity contribution in [1.82, 2.24) is 19.7 Å². The van der Waals surface area contributed by atoms with Gasteiger partial charge in [0.15, 0.2) is 0 Å². The molecule has 32 heavy (non-hydrogen) atoms. The molecule has 2 aromatic rings. The van der Waals surface area contributed by atoms with Gasteiger partial charge < -0.3 is 24.8 Å². The van der Waals surface area contributed by atoms with Crippen LogP contribution in [0.3, 0.4) is 0 Å². The predicted molar refractivity (Wildman–Crippen MR) is 107 cm³/mol. The van der Waals surface area contributed by atoms with Crippen molar-refractivity contribution in [3.8, 4) is 17.5 Å². The van der Waals surface area contributed by atoms with E-state index < -0.39 is 12.5 Å². The van der Waals surface area contributed by atoms with Crippen molar-refractivity contribution >= 4 is 12.0 Å². The number of carbonyl (C=O) groups is 1. The van der Waals surface area contributed by atoms with Crippen molar-refractivity contribution in [3.63, 3.8) is 0 Å². The van der Waals surface area contributed by atoms with Crippen molar-refractivity contribution < 1.29 is 32.5 Å². The lowest BCUT2D eigenvalue weighted by atomic mass is 9.92. The maximum Gasteiger partial charge on any atom is 0.573 e. The molecule has 2 aliphatic rings. The SMILES string of the molecule is CC(C)n1nc(N[C@@H]2[C@@H]3CC[C@H]2CN(C(=O)O)C3)nc1Oc1ccc(OC(F)(F)F)cc1. The average molecular weight is 455 g/mol. The zero-order chi connectivity index (χ0) is 23.0. The van der Waals surface area contributed by atoms with Gasteiger partial charge in [-0.2, -0.15) is 4.98 Å². The Morgan fingerprint density at radius 2 is 1.75 bits per heavy atom. The fourth-order valence-electron chi connectivity index (χ4n) is 4.35. The standard InChI is InChI=1S/C20H24F3N5O4/c1-11(2)28-18(31-14-5-7-15(8-6-14)32-20(21,22)23)25-17(26-28)24-16-12-3-4-13(16)10-27(9-12)19(29)30/h5-8,11-13,16H,3-4,9-10H2,1-2H3,(H,24,26)(H,29,30)/t12-,13+,16-. The van der Waals surface area contributed by atoms with Crippen LogP contribution in [0.2, 0.25) is 0 Å². The summed E-state index contributed by atoms with van der Waals surface area (Å²) in [6, 6.07) is 5.22. The Kier molecular flexibility index (Phi) is 5.78. The summed E-state index contributed by atoms with van der Waals surface area (Å²) < 4.78 is 48.2. The van der Waals surface area contributed by atoms with Gasteiger partial charge in [0.05, 0.1) is 6.04 Å². The number of likely N-dealkylation sites (tertiary alicyclic amines) is 1. The molecule has 1 aromatic carbocycles. The maximum absolute atomic E-state index is 12.3. The number of benzene rings is 1. The van der Waals surface area contributed by atoms with E-state index in [4.69, 9.17) is 4.74 Å². The van der Waals surface area contributed by atoms with E-state index in [0.717, 1.165) is 25.0 Å². The van der Waals surface area contributed by atoms with Gasteiger partial charge in [0, 0.05) is 19.1 Å². The first-order chi connectivity index (χ1) is 15.1. The van der Waals surface area contributed by atoms with Crippen molar-refractivity contribution in [2.45, 2.75) is 45.1 Å². The number of aromatic nitrogens is 3. The summed E-state index contributed by atoms with van der Waals surface area (Å²) in [5.74, 6) is 0.676. The molecule has 2 heterocycles. The molecule has 2 bridgehead atoms. The lowest BCUT2D eigenvalue weighted by Crippen LogP contribution is -2.49. The molecule has 1 aliphatic heterocycles. The summed E-state index contributed by atoms with van der Waals surface area (Å²) in [6.45, 7) is 4.76. The number of ether oxygens (including phenoxy) is 2. The highest BCUT2D eigenvalue weighted by Crippen LogP contribution is 2.39. The Morgan fingerprint density at radius 1 is 1.16 bits per heavy atom. The van der Waals surface area contributed by atoms with E-state index in [-0.39, 0.29) is 41.4 Å². The summed E-state index contributed by atoms with van der Waals surface area (Å²) in [5.41, 5.74) is 0. The van der Waals surface area contributed by atoms with E-state index in [1.807, 2.05) is 13.8 Å². The first-order valence-electron chi connectivity index (χ1n) is 10.3. The number of alkyl halides is 3. The van der Waals surface area contributed by atoms with E-state index in [9.17, 15) is 23.1 Å². The highest BCUT2D eigenvalue weighted by Gasteiger charge is 2.44. The predicted octanol–water partition coefficient (Wildman–Crippen LogP) is 4.35. The molecule has 1 saturated carbocycles. The molecule has 3 atom stereocenters. The van der Waals surface area contributed by atoms with Crippen molar-refractivity contribution in [2.24, 2.45) is 11.8 Å². The average Bonchev–Trinajstić information content (AvgIpc) is 3.18. The van der Waals surface area contributed by atoms with Gasteiger partial charge in [0.25, 0.3) is 0 Å².